The highest BCUT2D eigenvalue weighted by Gasteiger charge is 2.34. The second-order valence-corrected chi connectivity index (χ2v) is 9.69. The van der Waals surface area contributed by atoms with Gasteiger partial charge in [0, 0.05) is 37.4 Å². The summed E-state index contributed by atoms with van der Waals surface area (Å²) in [6.07, 6.45) is 5.67. The average Bonchev–Trinajstić information content (AvgIpc) is 3.18. The Morgan fingerprint density at radius 3 is 2.50 bits per heavy atom. The summed E-state index contributed by atoms with van der Waals surface area (Å²) in [6.45, 7) is 4.79. The first-order valence-corrected chi connectivity index (χ1v) is 11.1. The number of amides is 1. The molecule has 2 aliphatic rings. The summed E-state index contributed by atoms with van der Waals surface area (Å²) in [7, 11) is -1.51. The maximum absolute atomic E-state index is 12.8. The molecule has 8 heteroatoms. The van der Waals surface area contributed by atoms with E-state index in [1.807, 2.05) is 20.9 Å². The van der Waals surface area contributed by atoms with Crippen LogP contribution in [-0.4, -0.2) is 53.4 Å². The Morgan fingerprint density at radius 2 is 1.88 bits per heavy atom. The molecular formula is C18H30N4O3S. The van der Waals surface area contributed by atoms with Crippen LogP contribution < -0.4 is 4.72 Å². The fourth-order valence-corrected chi connectivity index (χ4v) is 5.87. The van der Waals surface area contributed by atoms with Gasteiger partial charge in [0.1, 0.15) is 0 Å². The van der Waals surface area contributed by atoms with Crippen molar-refractivity contribution in [3.8, 4) is 0 Å². The highest BCUT2D eigenvalue weighted by atomic mass is 32.2. The van der Waals surface area contributed by atoms with E-state index in [0.29, 0.717) is 19.5 Å². The number of sulfonamides is 1. The maximum atomic E-state index is 12.8. The standard InChI is InChI=1S/C18H30N4O3S/c1-13-17(14(2)21(3)19-13)11-18(23)22-10-6-9-16(12-22)26(24,25)20-15-7-4-5-8-15/h15-16,20H,4-12H2,1-3H3. The van der Waals surface area contributed by atoms with Crippen LogP contribution in [0.15, 0.2) is 0 Å². The number of hydrogen-bond acceptors (Lipinski definition) is 4. The second-order valence-electron chi connectivity index (χ2n) is 7.70. The first-order chi connectivity index (χ1) is 12.3. The van der Waals surface area contributed by atoms with Crippen LogP contribution in [0.1, 0.15) is 55.5 Å². The second kappa shape index (κ2) is 7.68. The third-order valence-corrected chi connectivity index (χ3v) is 7.77. The van der Waals surface area contributed by atoms with Gasteiger partial charge >= 0.3 is 0 Å². The first kappa shape index (κ1) is 19.4. The number of likely N-dealkylation sites (tertiary alicyclic amines) is 1. The molecule has 1 amide bonds. The number of carbonyl (C=O) groups excluding carboxylic acids is 1. The van der Waals surface area contributed by atoms with Crippen molar-refractivity contribution in [2.75, 3.05) is 13.1 Å². The van der Waals surface area contributed by atoms with E-state index in [0.717, 1.165) is 49.1 Å². The number of aromatic nitrogens is 2. The van der Waals surface area contributed by atoms with Crippen molar-refractivity contribution < 1.29 is 13.2 Å². The Hall–Kier alpha value is -1.41. The lowest BCUT2D eigenvalue weighted by atomic mass is 10.1. The molecule has 1 aromatic heterocycles. The molecule has 1 aliphatic heterocycles. The van der Waals surface area contributed by atoms with Gasteiger partial charge in [0.25, 0.3) is 0 Å². The van der Waals surface area contributed by atoms with Gasteiger partial charge in [-0.2, -0.15) is 5.10 Å². The van der Waals surface area contributed by atoms with Crippen molar-refractivity contribution in [1.29, 1.82) is 0 Å². The number of aryl methyl sites for hydroxylation is 2. The molecule has 1 N–H and O–H groups in total. The summed E-state index contributed by atoms with van der Waals surface area (Å²) in [4.78, 5) is 14.5. The Bertz CT molecular complexity index is 766. The van der Waals surface area contributed by atoms with Gasteiger partial charge < -0.3 is 4.90 Å². The minimum Gasteiger partial charge on any atom is -0.341 e. The predicted octanol–water partition coefficient (Wildman–Crippen LogP) is 1.43. The molecule has 0 spiro atoms. The molecule has 26 heavy (non-hydrogen) atoms. The van der Waals surface area contributed by atoms with E-state index in [1.54, 1.807) is 9.58 Å². The maximum Gasteiger partial charge on any atom is 0.227 e. The quantitative estimate of drug-likeness (QED) is 0.835. The van der Waals surface area contributed by atoms with Crippen molar-refractivity contribution in [2.24, 2.45) is 7.05 Å². The van der Waals surface area contributed by atoms with E-state index in [9.17, 15) is 13.2 Å². The largest absolute Gasteiger partial charge is 0.341 e. The van der Waals surface area contributed by atoms with E-state index >= 15 is 0 Å². The van der Waals surface area contributed by atoms with E-state index < -0.39 is 15.3 Å². The zero-order valence-corrected chi connectivity index (χ0v) is 16.8. The summed E-state index contributed by atoms with van der Waals surface area (Å²) in [5.41, 5.74) is 2.80. The lowest BCUT2D eigenvalue weighted by Crippen LogP contribution is -2.50. The minimum absolute atomic E-state index is 0.00929. The van der Waals surface area contributed by atoms with Crippen LogP contribution in [0.2, 0.25) is 0 Å². The summed E-state index contributed by atoms with van der Waals surface area (Å²) >= 11 is 0. The van der Waals surface area contributed by atoms with Crippen LogP contribution in [0.5, 0.6) is 0 Å². The van der Waals surface area contributed by atoms with Crippen molar-refractivity contribution in [2.45, 2.75) is 70.1 Å². The third kappa shape index (κ3) is 4.11. The summed E-state index contributed by atoms with van der Waals surface area (Å²) in [6, 6.07) is 0.0757. The molecule has 1 saturated carbocycles. The van der Waals surface area contributed by atoms with Crippen LogP contribution >= 0.6 is 0 Å². The monoisotopic (exact) mass is 382 g/mol. The smallest absolute Gasteiger partial charge is 0.227 e. The SMILES string of the molecule is Cc1nn(C)c(C)c1CC(=O)N1CCCC(S(=O)(=O)NC2CCCC2)C1. The van der Waals surface area contributed by atoms with Crippen molar-refractivity contribution in [3.63, 3.8) is 0 Å². The van der Waals surface area contributed by atoms with Gasteiger partial charge in [-0.3, -0.25) is 9.48 Å². The highest BCUT2D eigenvalue weighted by Crippen LogP contribution is 2.23. The first-order valence-electron chi connectivity index (χ1n) is 9.56. The van der Waals surface area contributed by atoms with Crippen molar-refractivity contribution >= 4 is 15.9 Å². The minimum atomic E-state index is -3.38. The number of nitrogens with one attached hydrogen (secondary N) is 1. The normalized spacial score (nSPS) is 22.1. The van der Waals surface area contributed by atoms with Crippen LogP contribution in [0.3, 0.4) is 0 Å². The van der Waals surface area contributed by atoms with E-state index in [2.05, 4.69) is 9.82 Å². The van der Waals surface area contributed by atoms with Crippen molar-refractivity contribution in [1.82, 2.24) is 19.4 Å². The number of carbonyl (C=O) groups is 1. The predicted molar refractivity (Wildman–Crippen MR) is 100 cm³/mol. The van der Waals surface area contributed by atoms with Gasteiger partial charge in [-0.25, -0.2) is 13.1 Å². The zero-order valence-electron chi connectivity index (χ0n) is 16.0. The number of hydrogen-bond donors (Lipinski definition) is 1. The fraction of sp³-hybridized carbons (Fsp3) is 0.778. The van der Waals surface area contributed by atoms with E-state index in [-0.39, 0.29) is 18.4 Å². The van der Waals surface area contributed by atoms with E-state index in [4.69, 9.17) is 0 Å². The van der Waals surface area contributed by atoms with Gasteiger partial charge in [-0.15, -0.1) is 0 Å². The van der Waals surface area contributed by atoms with Crippen LogP contribution in [0.4, 0.5) is 0 Å². The molecule has 7 nitrogen and oxygen atoms in total. The molecule has 2 fully saturated rings. The molecular weight excluding hydrogens is 352 g/mol. The van der Waals surface area contributed by atoms with Gasteiger partial charge in [0.05, 0.1) is 17.4 Å². The topological polar surface area (TPSA) is 84.3 Å². The number of piperidine rings is 1. The molecule has 2 heterocycles. The van der Waals surface area contributed by atoms with Crippen LogP contribution in [0.25, 0.3) is 0 Å². The molecule has 1 aromatic rings. The fourth-order valence-electron chi connectivity index (χ4n) is 4.13. The average molecular weight is 383 g/mol. The molecule has 1 unspecified atom stereocenters. The Labute approximate surface area is 156 Å². The molecule has 1 atom stereocenters. The Kier molecular flexibility index (Phi) is 5.72. The Morgan fingerprint density at radius 1 is 1.19 bits per heavy atom. The van der Waals surface area contributed by atoms with Gasteiger partial charge in [-0.05, 0) is 39.5 Å². The Balaban J connectivity index is 1.64. The zero-order chi connectivity index (χ0) is 18.9. The summed E-state index contributed by atoms with van der Waals surface area (Å²) < 4.78 is 30.1. The van der Waals surface area contributed by atoms with Gasteiger partial charge in [0.15, 0.2) is 0 Å². The van der Waals surface area contributed by atoms with Gasteiger partial charge in [-0.1, -0.05) is 12.8 Å². The molecule has 0 aromatic carbocycles. The third-order valence-electron chi connectivity index (χ3n) is 5.84. The molecule has 3 rings (SSSR count). The number of rotatable bonds is 5. The lowest BCUT2D eigenvalue weighted by molar-refractivity contribution is -0.131. The van der Waals surface area contributed by atoms with Crippen molar-refractivity contribution in [3.05, 3.63) is 17.0 Å². The summed E-state index contributed by atoms with van der Waals surface area (Å²) in [5, 5.41) is 3.86. The summed E-state index contributed by atoms with van der Waals surface area (Å²) in [5.74, 6) is -0.00929. The molecule has 0 radical (unpaired) electrons. The lowest BCUT2D eigenvalue weighted by Gasteiger charge is -2.33. The van der Waals surface area contributed by atoms with Crippen LogP contribution in [-0.2, 0) is 28.3 Å². The van der Waals surface area contributed by atoms with E-state index in [1.165, 1.54) is 0 Å². The molecule has 1 saturated heterocycles. The van der Waals surface area contributed by atoms with Gasteiger partial charge in [0.2, 0.25) is 15.9 Å². The van der Waals surface area contributed by atoms with Crippen LogP contribution in [0, 0.1) is 13.8 Å². The number of nitrogens with zero attached hydrogens (tertiary/aromatic N) is 3. The molecule has 0 bridgehead atoms. The molecule has 146 valence electrons. The highest BCUT2D eigenvalue weighted by molar-refractivity contribution is 7.90. The molecule has 1 aliphatic carbocycles.